The van der Waals surface area contributed by atoms with Gasteiger partial charge in [-0.15, -0.1) is 0 Å². The molecular formula is C19H26N2O5S. The number of sulfonamides is 1. The molecule has 2 aliphatic rings. The van der Waals surface area contributed by atoms with Gasteiger partial charge in [-0.3, -0.25) is 14.5 Å². The molecule has 1 fully saturated rings. The van der Waals surface area contributed by atoms with Crippen LogP contribution in [-0.4, -0.2) is 67.5 Å². The Kier molecular flexibility index (Phi) is 6.29. The maximum Gasteiger partial charge on any atom is 0.261 e. The van der Waals surface area contributed by atoms with Crippen molar-refractivity contribution in [1.29, 1.82) is 0 Å². The Hall–Kier alpha value is -1.77. The fraction of sp³-hybridized carbons (Fsp3) is 0.579. The van der Waals surface area contributed by atoms with Crippen molar-refractivity contribution in [3.05, 3.63) is 35.4 Å². The number of benzene rings is 1. The number of hydrogen-bond acceptors (Lipinski definition) is 5. The Labute approximate surface area is 160 Å². The first-order chi connectivity index (χ1) is 13.0. The SMILES string of the molecule is CC[C@H]1CCCCN1S(=O)(=O)CCOCCN1C(=O)c2ccccc2C1=O. The monoisotopic (exact) mass is 394 g/mol. The summed E-state index contributed by atoms with van der Waals surface area (Å²) in [6, 6.07) is 6.79. The second-order valence-corrected chi connectivity index (χ2v) is 8.95. The molecule has 2 aliphatic heterocycles. The summed E-state index contributed by atoms with van der Waals surface area (Å²) >= 11 is 0. The highest BCUT2D eigenvalue weighted by atomic mass is 32.2. The molecule has 27 heavy (non-hydrogen) atoms. The molecule has 1 saturated heterocycles. The highest BCUT2D eigenvalue weighted by Crippen LogP contribution is 2.23. The maximum atomic E-state index is 12.6. The number of imide groups is 1. The summed E-state index contributed by atoms with van der Waals surface area (Å²) in [6.45, 7) is 2.89. The van der Waals surface area contributed by atoms with Gasteiger partial charge in [0.05, 0.1) is 36.6 Å². The number of rotatable bonds is 8. The van der Waals surface area contributed by atoms with Crippen LogP contribution in [-0.2, 0) is 14.8 Å². The Bertz CT molecular complexity index is 773. The largest absolute Gasteiger partial charge is 0.378 e. The van der Waals surface area contributed by atoms with E-state index in [0.29, 0.717) is 17.7 Å². The molecule has 0 unspecified atom stereocenters. The lowest BCUT2D eigenvalue weighted by molar-refractivity contribution is 0.0574. The van der Waals surface area contributed by atoms with Gasteiger partial charge in [0, 0.05) is 12.6 Å². The summed E-state index contributed by atoms with van der Waals surface area (Å²) in [5, 5.41) is 0. The van der Waals surface area contributed by atoms with Crippen LogP contribution < -0.4 is 0 Å². The van der Waals surface area contributed by atoms with Crippen LogP contribution in [0.4, 0.5) is 0 Å². The van der Waals surface area contributed by atoms with E-state index < -0.39 is 10.0 Å². The third-order valence-electron chi connectivity index (χ3n) is 5.22. The molecule has 1 aromatic rings. The summed E-state index contributed by atoms with van der Waals surface area (Å²) in [5.41, 5.74) is 0.807. The predicted octanol–water partition coefficient (Wildman–Crippen LogP) is 1.89. The van der Waals surface area contributed by atoms with Crippen LogP contribution in [0.25, 0.3) is 0 Å². The predicted molar refractivity (Wildman–Crippen MR) is 101 cm³/mol. The first kappa shape index (κ1) is 20.0. The highest BCUT2D eigenvalue weighted by molar-refractivity contribution is 7.89. The number of carbonyl (C=O) groups is 2. The van der Waals surface area contributed by atoms with Crippen molar-refractivity contribution in [3.8, 4) is 0 Å². The second kappa shape index (κ2) is 8.50. The highest BCUT2D eigenvalue weighted by Gasteiger charge is 2.35. The normalized spacial score (nSPS) is 20.9. The van der Waals surface area contributed by atoms with Crippen LogP contribution in [0.5, 0.6) is 0 Å². The molecule has 3 rings (SSSR count). The van der Waals surface area contributed by atoms with Gasteiger partial charge in [0.25, 0.3) is 11.8 Å². The minimum atomic E-state index is -3.35. The molecule has 0 bridgehead atoms. The molecule has 0 radical (unpaired) electrons. The zero-order chi connectivity index (χ0) is 19.4. The van der Waals surface area contributed by atoms with E-state index in [0.717, 1.165) is 30.6 Å². The molecule has 2 amide bonds. The van der Waals surface area contributed by atoms with E-state index in [1.54, 1.807) is 28.6 Å². The number of nitrogens with zero attached hydrogens (tertiary/aromatic N) is 2. The molecule has 2 heterocycles. The zero-order valence-electron chi connectivity index (χ0n) is 15.6. The van der Waals surface area contributed by atoms with Gasteiger partial charge in [0.15, 0.2) is 0 Å². The summed E-state index contributed by atoms with van der Waals surface area (Å²) in [6.07, 6.45) is 3.70. The van der Waals surface area contributed by atoms with Crippen molar-refractivity contribution in [1.82, 2.24) is 9.21 Å². The lowest BCUT2D eigenvalue weighted by Gasteiger charge is -2.34. The molecule has 7 nitrogen and oxygen atoms in total. The quantitative estimate of drug-likeness (QED) is 0.497. The number of carbonyl (C=O) groups excluding carboxylic acids is 2. The van der Waals surface area contributed by atoms with E-state index in [1.165, 1.54) is 0 Å². The fourth-order valence-electron chi connectivity index (χ4n) is 3.73. The Morgan fingerprint density at radius 2 is 1.74 bits per heavy atom. The third-order valence-corrected chi connectivity index (χ3v) is 7.10. The van der Waals surface area contributed by atoms with Gasteiger partial charge in [-0.25, -0.2) is 8.42 Å². The molecule has 1 aromatic carbocycles. The minimum absolute atomic E-state index is 0.0540. The Balaban J connectivity index is 1.46. The van der Waals surface area contributed by atoms with Crippen LogP contribution in [0.2, 0.25) is 0 Å². The lowest BCUT2D eigenvalue weighted by atomic mass is 10.0. The van der Waals surface area contributed by atoms with Crippen molar-refractivity contribution in [2.75, 3.05) is 32.1 Å². The fourth-order valence-corrected chi connectivity index (χ4v) is 5.41. The van der Waals surface area contributed by atoms with Crippen molar-refractivity contribution in [2.24, 2.45) is 0 Å². The summed E-state index contributed by atoms with van der Waals surface area (Å²) in [5.74, 6) is -0.733. The topological polar surface area (TPSA) is 84.0 Å². The lowest BCUT2D eigenvalue weighted by Crippen LogP contribution is -2.45. The number of hydrogen-bond donors (Lipinski definition) is 0. The Morgan fingerprint density at radius 1 is 1.07 bits per heavy atom. The molecule has 0 aromatic heterocycles. The molecule has 148 valence electrons. The number of amides is 2. The molecule has 8 heteroatoms. The smallest absolute Gasteiger partial charge is 0.261 e. The van der Waals surface area contributed by atoms with E-state index >= 15 is 0 Å². The van der Waals surface area contributed by atoms with E-state index in [4.69, 9.17) is 4.74 Å². The van der Waals surface area contributed by atoms with Crippen molar-refractivity contribution in [3.63, 3.8) is 0 Å². The van der Waals surface area contributed by atoms with E-state index in [-0.39, 0.29) is 43.4 Å². The van der Waals surface area contributed by atoms with Crippen molar-refractivity contribution >= 4 is 21.8 Å². The average molecular weight is 394 g/mol. The molecular weight excluding hydrogens is 368 g/mol. The van der Waals surface area contributed by atoms with Gasteiger partial charge in [-0.2, -0.15) is 4.31 Å². The van der Waals surface area contributed by atoms with Gasteiger partial charge in [0.2, 0.25) is 10.0 Å². The van der Waals surface area contributed by atoms with E-state index in [2.05, 4.69) is 0 Å². The van der Waals surface area contributed by atoms with Gasteiger partial charge in [0.1, 0.15) is 0 Å². The zero-order valence-corrected chi connectivity index (χ0v) is 16.4. The van der Waals surface area contributed by atoms with Gasteiger partial charge >= 0.3 is 0 Å². The van der Waals surface area contributed by atoms with E-state index in [9.17, 15) is 18.0 Å². The maximum absolute atomic E-state index is 12.6. The van der Waals surface area contributed by atoms with Crippen LogP contribution in [0.15, 0.2) is 24.3 Å². The average Bonchev–Trinajstić information content (AvgIpc) is 2.92. The summed E-state index contributed by atoms with van der Waals surface area (Å²) in [7, 11) is -3.35. The van der Waals surface area contributed by atoms with Crippen LogP contribution in [0.1, 0.15) is 53.3 Å². The number of piperidine rings is 1. The summed E-state index contributed by atoms with van der Waals surface area (Å²) in [4.78, 5) is 25.7. The molecule has 0 spiro atoms. The minimum Gasteiger partial charge on any atom is -0.378 e. The summed E-state index contributed by atoms with van der Waals surface area (Å²) < 4.78 is 32.2. The number of fused-ring (bicyclic) bond motifs is 1. The first-order valence-corrected chi connectivity index (χ1v) is 11.1. The van der Waals surface area contributed by atoms with Crippen molar-refractivity contribution in [2.45, 2.75) is 38.6 Å². The van der Waals surface area contributed by atoms with Crippen LogP contribution >= 0.6 is 0 Å². The molecule has 0 N–H and O–H groups in total. The Morgan fingerprint density at radius 3 is 2.37 bits per heavy atom. The standard InChI is InChI=1S/C19H26N2O5S/c1-2-15-7-5-6-10-21(15)27(24,25)14-13-26-12-11-20-18(22)16-8-3-4-9-17(16)19(20)23/h3-4,8-9,15H,2,5-7,10-14H2,1H3/t15-/m0/s1. The first-order valence-electron chi connectivity index (χ1n) is 9.48. The van der Waals surface area contributed by atoms with Crippen LogP contribution in [0, 0.1) is 0 Å². The van der Waals surface area contributed by atoms with Crippen molar-refractivity contribution < 1.29 is 22.7 Å². The van der Waals surface area contributed by atoms with E-state index in [1.807, 2.05) is 6.92 Å². The third kappa shape index (κ3) is 4.23. The molecule has 0 aliphatic carbocycles. The van der Waals surface area contributed by atoms with Gasteiger partial charge < -0.3 is 4.74 Å². The molecule has 1 atom stereocenters. The number of ether oxygens (including phenoxy) is 1. The molecule has 0 saturated carbocycles. The van der Waals surface area contributed by atoms with Crippen LogP contribution in [0.3, 0.4) is 0 Å². The second-order valence-electron chi connectivity index (χ2n) is 6.90. The van der Waals surface area contributed by atoms with Gasteiger partial charge in [-0.1, -0.05) is 25.5 Å². The van der Waals surface area contributed by atoms with Gasteiger partial charge in [-0.05, 0) is 31.4 Å².